The lowest BCUT2D eigenvalue weighted by atomic mass is 10.0. The molecule has 1 aromatic heterocycles. The maximum absolute atomic E-state index is 4.61. The standard InChI is InChI=1S/C14H24N4/c1-11(2)9-16-13-6-7-15-14(17-13)18-8-4-5-12(3)10-18/h6-7,11-12H,4-5,8-10H2,1-3H3,(H,15,16,17). The van der Waals surface area contributed by atoms with E-state index >= 15 is 0 Å². The van der Waals surface area contributed by atoms with Gasteiger partial charge in [-0.2, -0.15) is 4.98 Å². The van der Waals surface area contributed by atoms with E-state index in [2.05, 4.69) is 41.0 Å². The van der Waals surface area contributed by atoms with Crippen LogP contribution in [0, 0.1) is 11.8 Å². The monoisotopic (exact) mass is 248 g/mol. The molecule has 0 bridgehead atoms. The predicted octanol–water partition coefficient (Wildman–Crippen LogP) is 2.78. The molecule has 0 aliphatic carbocycles. The minimum Gasteiger partial charge on any atom is -0.370 e. The highest BCUT2D eigenvalue weighted by molar-refractivity contribution is 5.41. The molecule has 2 heterocycles. The van der Waals surface area contributed by atoms with E-state index in [9.17, 15) is 0 Å². The summed E-state index contributed by atoms with van der Waals surface area (Å²) in [4.78, 5) is 11.3. The summed E-state index contributed by atoms with van der Waals surface area (Å²) in [6.07, 6.45) is 4.42. The first-order valence-corrected chi connectivity index (χ1v) is 6.97. The molecular formula is C14H24N4. The van der Waals surface area contributed by atoms with Gasteiger partial charge in [-0.25, -0.2) is 4.98 Å². The maximum atomic E-state index is 4.61. The van der Waals surface area contributed by atoms with Gasteiger partial charge in [-0.3, -0.25) is 0 Å². The fourth-order valence-corrected chi connectivity index (χ4v) is 2.28. The van der Waals surface area contributed by atoms with Crippen LogP contribution in [0.4, 0.5) is 11.8 Å². The Morgan fingerprint density at radius 2 is 2.33 bits per heavy atom. The summed E-state index contributed by atoms with van der Waals surface area (Å²) in [5.74, 6) is 3.18. The molecule has 1 atom stereocenters. The van der Waals surface area contributed by atoms with Gasteiger partial charge in [-0.05, 0) is 30.7 Å². The third kappa shape index (κ3) is 3.59. The van der Waals surface area contributed by atoms with Gasteiger partial charge in [0.1, 0.15) is 5.82 Å². The quantitative estimate of drug-likeness (QED) is 0.889. The van der Waals surface area contributed by atoms with Crippen molar-refractivity contribution in [1.29, 1.82) is 0 Å². The van der Waals surface area contributed by atoms with Gasteiger partial charge in [0, 0.05) is 25.8 Å². The number of hydrogen-bond donors (Lipinski definition) is 1. The molecule has 4 nitrogen and oxygen atoms in total. The van der Waals surface area contributed by atoms with Crippen LogP contribution in [0.15, 0.2) is 12.3 Å². The highest BCUT2D eigenvalue weighted by Gasteiger charge is 2.18. The van der Waals surface area contributed by atoms with Crippen LogP contribution in [0.5, 0.6) is 0 Å². The van der Waals surface area contributed by atoms with Crippen molar-refractivity contribution in [1.82, 2.24) is 9.97 Å². The first kappa shape index (κ1) is 13.1. The summed E-state index contributed by atoms with van der Waals surface area (Å²) in [5, 5.41) is 3.36. The molecule has 1 saturated heterocycles. The van der Waals surface area contributed by atoms with E-state index in [-0.39, 0.29) is 0 Å². The molecule has 0 saturated carbocycles. The first-order valence-electron chi connectivity index (χ1n) is 6.97. The number of rotatable bonds is 4. The van der Waals surface area contributed by atoms with Gasteiger partial charge < -0.3 is 10.2 Å². The Labute approximate surface area is 110 Å². The second-order valence-electron chi connectivity index (χ2n) is 5.71. The Bertz CT molecular complexity index is 378. The van der Waals surface area contributed by atoms with Crippen LogP contribution in [0.2, 0.25) is 0 Å². The second-order valence-corrected chi connectivity index (χ2v) is 5.71. The fourth-order valence-electron chi connectivity index (χ4n) is 2.28. The zero-order valence-electron chi connectivity index (χ0n) is 11.7. The molecule has 0 radical (unpaired) electrons. The topological polar surface area (TPSA) is 41.1 Å². The number of anilines is 2. The van der Waals surface area contributed by atoms with Crippen LogP contribution in [-0.4, -0.2) is 29.6 Å². The number of hydrogen-bond acceptors (Lipinski definition) is 4. The van der Waals surface area contributed by atoms with E-state index in [1.807, 2.05) is 12.3 Å². The second kappa shape index (κ2) is 6.03. The molecule has 0 spiro atoms. The fraction of sp³-hybridized carbons (Fsp3) is 0.714. The number of aromatic nitrogens is 2. The van der Waals surface area contributed by atoms with Gasteiger partial charge in [0.05, 0.1) is 0 Å². The Hall–Kier alpha value is -1.32. The Morgan fingerprint density at radius 3 is 3.06 bits per heavy atom. The van der Waals surface area contributed by atoms with Crippen molar-refractivity contribution >= 4 is 11.8 Å². The van der Waals surface area contributed by atoms with E-state index < -0.39 is 0 Å². The van der Waals surface area contributed by atoms with E-state index in [0.29, 0.717) is 5.92 Å². The van der Waals surface area contributed by atoms with Crippen LogP contribution in [0.3, 0.4) is 0 Å². The third-order valence-electron chi connectivity index (χ3n) is 3.27. The van der Waals surface area contributed by atoms with Crippen LogP contribution in [0.1, 0.15) is 33.6 Å². The zero-order valence-corrected chi connectivity index (χ0v) is 11.7. The molecule has 1 fully saturated rings. The summed E-state index contributed by atoms with van der Waals surface area (Å²) in [6.45, 7) is 9.80. The molecule has 1 unspecified atom stereocenters. The Kier molecular flexibility index (Phi) is 4.39. The highest BCUT2D eigenvalue weighted by Crippen LogP contribution is 2.20. The molecule has 1 aromatic rings. The molecule has 1 aliphatic rings. The summed E-state index contributed by atoms with van der Waals surface area (Å²) in [6, 6.07) is 1.94. The molecule has 18 heavy (non-hydrogen) atoms. The molecule has 4 heteroatoms. The molecule has 0 amide bonds. The number of nitrogens with one attached hydrogen (secondary N) is 1. The van der Waals surface area contributed by atoms with Crippen molar-refractivity contribution in [3.63, 3.8) is 0 Å². The lowest BCUT2D eigenvalue weighted by Crippen LogP contribution is -2.35. The van der Waals surface area contributed by atoms with E-state index in [1.54, 1.807) is 0 Å². The van der Waals surface area contributed by atoms with E-state index in [1.165, 1.54) is 12.8 Å². The van der Waals surface area contributed by atoms with Crippen LogP contribution < -0.4 is 10.2 Å². The SMILES string of the molecule is CC(C)CNc1ccnc(N2CCCC(C)C2)n1. The van der Waals surface area contributed by atoms with Crippen molar-refractivity contribution in [3.8, 4) is 0 Å². The average Bonchev–Trinajstić information content (AvgIpc) is 2.37. The minimum absolute atomic E-state index is 0.624. The summed E-state index contributed by atoms with van der Waals surface area (Å²) < 4.78 is 0. The molecule has 1 aliphatic heterocycles. The highest BCUT2D eigenvalue weighted by atomic mass is 15.3. The van der Waals surface area contributed by atoms with E-state index in [4.69, 9.17) is 0 Å². The molecule has 2 rings (SSSR count). The Balaban J connectivity index is 2.02. The summed E-state index contributed by atoms with van der Waals surface area (Å²) >= 11 is 0. The molecule has 0 aromatic carbocycles. The van der Waals surface area contributed by atoms with Gasteiger partial charge in [-0.15, -0.1) is 0 Å². The van der Waals surface area contributed by atoms with Gasteiger partial charge in [-0.1, -0.05) is 20.8 Å². The van der Waals surface area contributed by atoms with E-state index in [0.717, 1.165) is 37.3 Å². The third-order valence-corrected chi connectivity index (χ3v) is 3.27. The first-order chi connectivity index (χ1) is 8.65. The molecule has 1 N–H and O–H groups in total. The summed E-state index contributed by atoms with van der Waals surface area (Å²) in [7, 11) is 0. The van der Waals surface area contributed by atoms with Gasteiger partial charge in [0.25, 0.3) is 0 Å². The smallest absolute Gasteiger partial charge is 0.227 e. The molecular weight excluding hydrogens is 224 g/mol. The normalized spacial score (nSPS) is 20.2. The van der Waals surface area contributed by atoms with Crippen LogP contribution in [0.25, 0.3) is 0 Å². The maximum Gasteiger partial charge on any atom is 0.227 e. The van der Waals surface area contributed by atoms with Crippen molar-refractivity contribution in [2.75, 3.05) is 29.9 Å². The van der Waals surface area contributed by atoms with Crippen molar-refractivity contribution in [3.05, 3.63) is 12.3 Å². The number of nitrogens with zero attached hydrogens (tertiary/aromatic N) is 3. The lowest BCUT2D eigenvalue weighted by molar-refractivity contribution is 0.442. The lowest BCUT2D eigenvalue weighted by Gasteiger charge is -2.31. The van der Waals surface area contributed by atoms with Gasteiger partial charge >= 0.3 is 0 Å². The average molecular weight is 248 g/mol. The summed E-state index contributed by atoms with van der Waals surface area (Å²) in [5.41, 5.74) is 0. The van der Waals surface area contributed by atoms with Crippen molar-refractivity contribution < 1.29 is 0 Å². The van der Waals surface area contributed by atoms with Gasteiger partial charge in [0.15, 0.2) is 0 Å². The minimum atomic E-state index is 0.624. The van der Waals surface area contributed by atoms with Crippen LogP contribution in [-0.2, 0) is 0 Å². The Morgan fingerprint density at radius 1 is 1.50 bits per heavy atom. The number of piperidine rings is 1. The van der Waals surface area contributed by atoms with Crippen molar-refractivity contribution in [2.45, 2.75) is 33.6 Å². The largest absolute Gasteiger partial charge is 0.370 e. The van der Waals surface area contributed by atoms with Crippen LogP contribution >= 0.6 is 0 Å². The molecule has 100 valence electrons. The predicted molar refractivity (Wildman–Crippen MR) is 76.0 cm³/mol. The van der Waals surface area contributed by atoms with Gasteiger partial charge in [0.2, 0.25) is 5.95 Å². The zero-order chi connectivity index (χ0) is 13.0. The van der Waals surface area contributed by atoms with Crippen molar-refractivity contribution in [2.24, 2.45) is 11.8 Å².